The van der Waals surface area contributed by atoms with Crippen LogP contribution in [0.2, 0.25) is 0 Å². The van der Waals surface area contributed by atoms with E-state index in [4.69, 9.17) is 0 Å². The van der Waals surface area contributed by atoms with Gasteiger partial charge in [-0.15, -0.1) is 11.8 Å². The first kappa shape index (κ1) is 15.3. The Morgan fingerprint density at radius 2 is 2.25 bits per heavy atom. The summed E-state index contributed by atoms with van der Waals surface area (Å²) >= 11 is 4.64. The molecule has 0 bridgehead atoms. The number of nitrogens with zero attached hydrogens (tertiary/aromatic N) is 1. The quantitative estimate of drug-likeness (QED) is 0.898. The molecule has 0 aliphatic carbocycles. The van der Waals surface area contributed by atoms with Crippen LogP contribution in [-0.4, -0.2) is 39.1 Å². The van der Waals surface area contributed by atoms with Gasteiger partial charge in [-0.3, -0.25) is 4.79 Å². The summed E-state index contributed by atoms with van der Waals surface area (Å²) in [5.41, 5.74) is 0.150. The normalized spacial score (nSPS) is 22.1. The average molecular weight is 362 g/mol. The van der Waals surface area contributed by atoms with Crippen molar-refractivity contribution < 1.29 is 19.1 Å². The zero-order valence-corrected chi connectivity index (χ0v) is 13.1. The van der Waals surface area contributed by atoms with Crippen molar-refractivity contribution in [3.05, 3.63) is 34.1 Å². The molecule has 1 aromatic carbocycles. The van der Waals surface area contributed by atoms with E-state index in [0.717, 1.165) is 6.07 Å². The Balaban J connectivity index is 2.38. The van der Waals surface area contributed by atoms with Gasteiger partial charge in [-0.2, -0.15) is 0 Å². The van der Waals surface area contributed by atoms with Gasteiger partial charge in [-0.05, 0) is 40.5 Å². The number of thioether (sulfide) groups is 1. The number of carboxylic acids is 1. The third-order valence-electron chi connectivity index (χ3n) is 3.12. The SMILES string of the molecule is CCC1SCC(C(=O)O)N1C(=O)c1cc(F)ccc1Br. The summed E-state index contributed by atoms with van der Waals surface area (Å²) in [5, 5.41) is 9.03. The van der Waals surface area contributed by atoms with E-state index in [0.29, 0.717) is 16.6 Å². The molecule has 0 radical (unpaired) electrons. The predicted molar refractivity (Wildman–Crippen MR) is 78.2 cm³/mol. The molecule has 0 spiro atoms. The molecule has 0 saturated carbocycles. The van der Waals surface area contributed by atoms with Crippen molar-refractivity contribution in [1.29, 1.82) is 0 Å². The van der Waals surface area contributed by atoms with Gasteiger partial charge in [0.05, 0.1) is 10.9 Å². The van der Waals surface area contributed by atoms with Crippen LogP contribution in [0.3, 0.4) is 0 Å². The second-order valence-electron chi connectivity index (χ2n) is 4.39. The lowest BCUT2D eigenvalue weighted by atomic mass is 10.1. The minimum Gasteiger partial charge on any atom is -0.480 e. The molecule has 1 saturated heterocycles. The van der Waals surface area contributed by atoms with E-state index in [1.54, 1.807) is 0 Å². The number of amides is 1. The van der Waals surface area contributed by atoms with Gasteiger partial charge in [0.15, 0.2) is 0 Å². The van der Waals surface area contributed by atoms with E-state index in [1.807, 2.05) is 6.92 Å². The highest BCUT2D eigenvalue weighted by atomic mass is 79.9. The Kier molecular flexibility index (Phi) is 4.70. The van der Waals surface area contributed by atoms with Crippen molar-refractivity contribution >= 4 is 39.6 Å². The number of carbonyl (C=O) groups excluding carboxylic acids is 1. The molecule has 1 aliphatic heterocycles. The van der Waals surface area contributed by atoms with Gasteiger partial charge in [-0.25, -0.2) is 9.18 Å². The smallest absolute Gasteiger partial charge is 0.327 e. The molecular weight excluding hydrogens is 349 g/mol. The summed E-state index contributed by atoms with van der Waals surface area (Å²) in [6, 6.07) is 2.95. The van der Waals surface area contributed by atoms with Crippen molar-refractivity contribution in [3.8, 4) is 0 Å². The molecule has 1 aliphatic rings. The topological polar surface area (TPSA) is 57.6 Å². The van der Waals surface area contributed by atoms with Crippen LogP contribution in [-0.2, 0) is 4.79 Å². The largest absolute Gasteiger partial charge is 0.480 e. The monoisotopic (exact) mass is 361 g/mol. The van der Waals surface area contributed by atoms with Crippen molar-refractivity contribution in [2.75, 3.05) is 5.75 Å². The number of aliphatic carboxylic acids is 1. The molecule has 20 heavy (non-hydrogen) atoms. The van der Waals surface area contributed by atoms with Crippen LogP contribution in [0.5, 0.6) is 0 Å². The molecule has 0 aromatic heterocycles. The molecule has 1 fully saturated rings. The fourth-order valence-electron chi connectivity index (χ4n) is 2.14. The highest BCUT2D eigenvalue weighted by Crippen LogP contribution is 2.34. The number of hydrogen-bond donors (Lipinski definition) is 1. The standard InChI is InChI=1S/C13H13BrFNO3S/c1-2-11-16(10(6-20-11)13(18)19)12(17)8-5-7(15)3-4-9(8)14/h3-5,10-11H,2,6H2,1H3,(H,18,19). The van der Waals surface area contributed by atoms with Gasteiger partial charge in [-0.1, -0.05) is 6.92 Å². The van der Waals surface area contributed by atoms with E-state index in [9.17, 15) is 19.1 Å². The maximum absolute atomic E-state index is 13.3. The number of carbonyl (C=O) groups is 2. The maximum atomic E-state index is 13.3. The zero-order valence-electron chi connectivity index (χ0n) is 10.7. The Morgan fingerprint density at radius 3 is 2.85 bits per heavy atom. The van der Waals surface area contributed by atoms with Gasteiger partial charge >= 0.3 is 5.97 Å². The van der Waals surface area contributed by atoms with Crippen LogP contribution in [0.4, 0.5) is 4.39 Å². The predicted octanol–water partition coefficient (Wildman–Crippen LogP) is 2.97. The van der Waals surface area contributed by atoms with Crippen LogP contribution in [0.25, 0.3) is 0 Å². The minimum absolute atomic E-state index is 0.150. The van der Waals surface area contributed by atoms with Gasteiger partial charge in [0.25, 0.3) is 5.91 Å². The van der Waals surface area contributed by atoms with E-state index >= 15 is 0 Å². The Bertz CT molecular complexity index is 554. The van der Waals surface area contributed by atoms with Gasteiger partial charge in [0.1, 0.15) is 11.9 Å². The number of rotatable bonds is 3. The summed E-state index contributed by atoms with van der Waals surface area (Å²) < 4.78 is 13.8. The second kappa shape index (κ2) is 6.13. The molecular formula is C13H13BrFNO3S. The zero-order chi connectivity index (χ0) is 14.9. The number of benzene rings is 1. The van der Waals surface area contributed by atoms with Crippen LogP contribution in [0, 0.1) is 5.82 Å². The summed E-state index contributed by atoms with van der Waals surface area (Å²) in [6.07, 6.45) is 0.646. The lowest BCUT2D eigenvalue weighted by Crippen LogP contribution is -2.45. The van der Waals surface area contributed by atoms with Crippen molar-refractivity contribution in [2.24, 2.45) is 0 Å². The maximum Gasteiger partial charge on any atom is 0.327 e. The molecule has 1 amide bonds. The Labute approximate surface area is 128 Å². The van der Waals surface area contributed by atoms with Crippen molar-refractivity contribution in [2.45, 2.75) is 24.8 Å². The summed E-state index contributed by atoms with van der Waals surface area (Å²) in [4.78, 5) is 25.2. The molecule has 1 aromatic rings. The van der Waals surface area contributed by atoms with E-state index < -0.39 is 23.7 Å². The van der Waals surface area contributed by atoms with E-state index in [-0.39, 0.29) is 10.9 Å². The molecule has 1 N–H and O–H groups in total. The average Bonchev–Trinajstić information content (AvgIpc) is 2.84. The van der Waals surface area contributed by atoms with Crippen molar-refractivity contribution in [3.63, 3.8) is 0 Å². The molecule has 2 atom stereocenters. The van der Waals surface area contributed by atoms with Crippen LogP contribution < -0.4 is 0 Å². The molecule has 1 heterocycles. The molecule has 7 heteroatoms. The fourth-order valence-corrected chi connectivity index (χ4v) is 3.90. The first-order chi connectivity index (χ1) is 9.45. The van der Waals surface area contributed by atoms with Crippen LogP contribution >= 0.6 is 27.7 Å². The highest BCUT2D eigenvalue weighted by Gasteiger charge is 2.41. The Hall–Kier alpha value is -1.08. The summed E-state index contributed by atoms with van der Waals surface area (Å²) in [6.45, 7) is 1.89. The fraction of sp³-hybridized carbons (Fsp3) is 0.385. The van der Waals surface area contributed by atoms with E-state index in [1.165, 1.54) is 28.8 Å². The first-order valence-corrected chi connectivity index (χ1v) is 7.92. The van der Waals surface area contributed by atoms with Gasteiger partial charge < -0.3 is 10.0 Å². The lowest BCUT2D eigenvalue weighted by Gasteiger charge is -2.27. The third-order valence-corrected chi connectivity index (χ3v) is 5.27. The molecule has 108 valence electrons. The number of carboxylic acid groups (broad SMARTS) is 1. The minimum atomic E-state index is -1.03. The molecule has 2 unspecified atom stereocenters. The van der Waals surface area contributed by atoms with Gasteiger partial charge in [0, 0.05) is 10.2 Å². The summed E-state index contributed by atoms with van der Waals surface area (Å²) in [5.74, 6) is -1.66. The van der Waals surface area contributed by atoms with Crippen LogP contribution in [0.15, 0.2) is 22.7 Å². The first-order valence-electron chi connectivity index (χ1n) is 6.07. The number of halogens is 2. The molecule has 4 nitrogen and oxygen atoms in total. The van der Waals surface area contributed by atoms with Crippen LogP contribution in [0.1, 0.15) is 23.7 Å². The highest BCUT2D eigenvalue weighted by molar-refractivity contribution is 9.10. The Morgan fingerprint density at radius 1 is 1.55 bits per heavy atom. The molecule has 2 rings (SSSR count). The summed E-state index contributed by atoms with van der Waals surface area (Å²) in [7, 11) is 0. The van der Waals surface area contributed by atoms with Gasteiger partial charge in [0.2, 0.25) is 0 Å². The van der Waals surface area contributed by atoms with Crippen molar-refractivity contribution in [1.82, 2.24) is 4.90 Å². The number of hydrogen-bond acceptors (Lipinski definition) is 3. The second-order valence-corrected chi connectivity index (χ2v) is 6.45. The third kappa shape index (κ3) is 2.83. The van der Waals surface area contributed by atoms with E-state index in [2.05, 4.69) is 15.9 Å². The lowest BCUT2D eigenvalue weighted by molar-refractivity contribution is -0.141.